The van der Waals surface area contributed by atoms with Crippen molar-refractivity contribution in [2.75, 3.05) is 0 Å². The molecule has 0 aliphatic carbocycles. The third-order valence-electron chi connectivity index (χ3n) is 2.66. The molecule has 0 bridgehead atoms. The Morgan fingerprint density at radius 2 is 2.19 bits per heavy atom. The van der Waals surface area contributed by atoms with E-state index in [1.54, 1.807) is 23.5 Å². The molecule has 0 atom stereocenters. The van der Waals surface area contributed by atoms with Crippen LogP contribution < -0.4 is 0 Å². The molecule has 3 rings (SSSR count). The Labute approximate surface area is 138 Å². The SMILES string of the molecule is O=C(OCc1noc(-c2ccsc2)n1)c1ccccc1I. The Morgan fingerprint density at radius 3 is 2.95 bits per heavy atom. The number of halogens is 1. The Bertz CT molecular complexity index is 755. The topological polar surface area (TPSA) is 65.2 Å². The minimum atomic E-state index is -0.401. The van der Waals surface area contributed by atoms with Crippen LogP contribution in [0.25, 0.3) is 11.5 Å². The van der Waals surface area contributed by atoms with Crippen LogP contribution in [0.3, 0.4) is 0 Å². The molecule has 0 fully saturated rings. The molecule has 0 saturated heterocycles. The number of carbonyl (C=O) groups is 1. The highest BCUT2D eigenvalue weighted by Gasteiger charge is 2.14. The molecule has 5 nitrogen and oxygen atoms in total. The summed E-state index contributed by atoms with van der Waals surface area (Å²) < 4.78 is 11.2. The molecule has 0 amide bonds. The maximum atomic E-state index is 12.0. The van der Waals surface area contributed by atoms with Crippen LogP contribution in [0.4, 0.5) is 0 Å². The van der Waals surface area contributed by atoms with E-state index < -0.39 is 5.97 Å². The summed E-state index contributed by atoms with van der Waals surface area (Å²) in [7, 11) is 0. The van der Waals surface area contributed by atoms with Gasteiger partial charge in [-0.05, 0) is 46.2 Å². The second-order valence-electron chi connectivity index (χ2n) is 4.08. The molecule has 0 aliphatic rings. The lowest BCUT2D eigenvalue weighted by Gasteiger charge is -2.03. The molecule has 2 heterocycles. The van der Waals surface area contributed by atoms with Crippen molar-refractivity contribution in [1.29, 1.82) is 0 Å². The third-order valence-corrected chi connectivity index (χ3v) is 4.29. The monoisotopic (exact) mass is 412 g/mol. The summed E-state index contributed by atoms with van der Waals surface area (Å²) in [4.78, 5) is 16.2. The standard InChI is InChI=1S/C14H9IN2O3S/c15-11-4-2-1-3-10(11)14(18)19-7-12-16-13(20-17-12)9-5-6-21-8-9/h1-6,8H,7H2. The maximum Gasteiger partial charge on any atom is 0.339 e. The number of nitrogens with zero attached hydrogens (tertiary/aromatic N) is 2. The molecule has 0 saturated carbocycles. The maximum absolute atomic E-state index is 12.0. The predicted molar refractivity (Wildman–Crippen MR) is 85.9 cm³/mol. The quantitative estimate of drug-likeness (QED) is 0.483. The van der Waals surface area contributed by atoms with Crippen molar-refractivity contribution in [2.24, 2.45) is 0 Å². The first-order chi connectivity index (χ1) is 10.2. The fourth-order valence-corrected chi connectivity index (χ4v) is 2.89. The first-order valence-corrected chi connectivity index (χ1v) is 8.03. The number of hydrogen-bond acceptors (Lipinski definition) is 6. The van der Waals surface area contributed by atoms with E-state index in [4.69, 9.17) is 9.26 Å². The van der Waals surface area contributed by atoms with E-state index in [-0.39, 0.29) is 6.61 Å². The van der Waals surface area contributed by atoms with Gasteiger partial charge in [0.1, 0.15) is 0 Å². The highest BCUT2D eigenvalue weighted by atomic mass is 127. The fourth-order valence-electron chi connectivity index (χ4n) is 1.65. The van der Waals surface area contributed by atoms with Gasteiger partial charge in [-0.1, -0.05) is 17.3 Å². The first kappa shape index (κ1) is 14.2. The van der Waals surface area contributed by atoms with E-state index in [1.807, 2.05) is 29.0 Å². The van der Waals surface area contributed by atoms with Crippen LogP contribution in [0.5, 0.6) is 0 Å². The zero-order valence-electron chi connectivity index (χ0n) is 10.7. The summed E-state index contributed by atoms with van der Waals surface area (Å²) in [5.41, 5.74) is 1.39. The van der Waals surface area contributed by atoms with Crippen molar-refractivity contribution in [3.63, 3.8) is 0 Å². The van der Waals surface area contributed by atoms with Crippen molar-refractivity contribution in [2.45, 2.75) is 6.61 Å². The number of thiophene rings is 1. The van der Waals surface area contributed by atoms with Gasteiger partial charge in [0, 0.05) is 8.95 Å². The molecular formula is C14H9IN2O3S. The van der Waals surface area contributed by atoms with Crippen LogP contribution in [0, 0.1) is 3.57 Å². The van der Waals surface area contributed by atoms with Crippen LogP contribution in [0.2, 0.25) is 0 Å². The lowest BCUT2D eigenvalue weighted by atomic mass is 10.2. The van der Waals surface area contributed by atoms with E-state index in [9.17, 15) is 4.79 Å². The van der Waals surface area contributed by atoms with E-state index in [0.717, 1.165) is 9.13 Å². The van der Waals surface area contributed by atoms with Crippen molar-refractivity contribution in [1.82, 2.24) is 10.1 Å². The van der Waals surface area contributed by atoms with Gasteiger partial charge in [0.2, 0.25) is 5.82 Å². The second-order valence-corrected chi connectivity index (χ2v) is 6.03. The molecule has 3 aromatic rings. The molecule has 0 unspecified atom stereocenters. The Morgan fingerprint density at radius 1 is 1.33 bits per heavy atom. The van der Waals surface area contributed by atoms with Crippen molar-refractivity contribution >= 4 is 39.9 Å². The first-order valence-electron chi connectivity index (χ1n) is 6.01. The molecule has 106 valence electrons. The predicted octanol–water partition coefficient (Wildman–Crippen LogP) is 3.76. The van der Waals surface area contributed by atoms with Crippen LogP contribution in [0.15, 0.2) is 45.6 Å². The largest absolute Gasteiger partial charge is 0.454 e. The van der Waals surface area contributed by atoms with E-state index in [2.05, 4.69) is 32.7 Å². The molecule has 0 radical (unpaired) electrons. The number of carbonyl (C=O) groups excluding carboxylic acids is 1. The summed E-state index contributed by atoms with van der Waals surface area (Å²) in [5.74, 6) is 0.369. The van der Waals surface area contributed by atoms with Crippen LogP contribution in [0.1, 0.15) is 16.2 Å². The van der Waals surface area contributed by atoms with Crippen molar-refractivity contribution < 1.29 is 14.1 Å². The Hall–Kier alpha value is -1.74. The Balaban J connectivity index is 1.66. The average Bonchev–Trinajstić information content (AvgIpc) is 3.16. The smallest absolute Gasteiger partial charge is 0.339 e. The molecule has 0 N–H and O–H groups in total. The van der Waals surface area contributed by atoms with Crippen molar-refractivity contribution in [3.05, 3.63) is 56.0 Å². The zero-order valence-corrected chi connectivity index (χ0v) is 13.6. The summed E-state index contributed by atoms with van der Waals surface area (Å²) in [5, 5.41) is 7.64. The molecule has 1 aromatic carbocycles. The van der Waals surface area contributed by atoms with Gasteiger partial charge in [-0.3, -0.25) is 0 Å². The minimum absolute atomic E-state index is 0.0164. The van der Waals surface area contributed by atoms with E-state index in [1.165, 1.54) is 0 Å². The Kier molecular flexibility index (Phi) is 4.30. The highest BCUT2D eigenvalue weighted by molar-refractivity contribution is 14.1. The number of ether oxygens (including phenoxy) is 1. The van der Waals surface area contributed by atoms with Gasteiger partial charge in [0.05, 0.1) is 11.1 Å². The summed E-state index contributed by atoms with van der Waals surface area (Å²) >= 11 is 3.64. The van der Waals surface area contributed by atoms with Crippen LogP contribution in [-0.2, 0) is 11.3 Å². The summed E-state index contributed by atoms with van der Waals surface area (Å²) in [6.45, 7) is -0.0164. The highest BCUT2D eigenvalue weighted by Crippen LogP contribution is 2.20. The van der Waals surface area contributed by atoms with E-state index >= 15 is 0 Å². The van der Waals surface area contributed by atoms with Crippen LogP contribution in [-0.4, -0.2) is 16.1 Å². The van der Waals surface area contributed by atoms with Crippen molar-refractivity contribution in [3.8, 4) is 11.5 Å². The van der Waals surface area contributed by atoms with Gasteiger partial charge in [-0.2, -0.15) is 16.3 Å². The molecular weight excluding hydrogens is 403 g/mol. The minimum Gasteiger partial charge on any atom is -0.454 e. The summed E-state index contributed by atoms with van der Waals surface area (Å²) in [6.07, 6.45) is 0. The zero-order chi connectivity index (χ0) is 14.7. The van der Waals surface area contributed by atoms with Gasteiger partial charge in [0.25, 0.3) is 5.89 Å². The molecule has 21 heavy (non-hydrogen) atoms. The third kappa shape index (κ3) is 3.30. The molecule has 0 spiro atoms. The van der Waals surface area contributed by atoms with Gasteiger partial charge in [-0.25, -0.2) is 4.79 Å². The number of esters is 1. The number of rotatable bonds is 4. The number of aromatic nitrogens is 2. The molecule has 0 aliphatic heterocycles. The lowest BCUT2D eigenvalue weighted by Crippen LogP contribution is -2.07. The molecule has 2 aromatic heterocycles. The van der Waals surface area contributed by atoms with Gasteiger partial charge in [-0.15, -0.1) is 0 Å². The molecule has 7 heteroatoms. The lowest BCUT2D eigenvalue weighted by molar-refractivity contribution is 0.0458. The fraction of sp³-hybridized carbons (Fsp3) is 0.0714. The van der Waals surface area contributed by atoms with Gasteiger partial charge in [0.15, 0.2) is 6.61 Å². The second kappa shape index (κ2) is 6.35. The van der Waals surface area contributed by atoms with Crippen LogP contribution >= 0.6 is 33.9 Å². The normalized spacial score (nSPS) is 10.5. The summed E-state index contributed by atoms with van der Waals surface area (Å²) in [6, 6.07) is 9.12. The van der Waals surface area contributed by atoms with E-state index in [0.29, 0.717) is 17.3 Å². The average molecular weight is 412 g/mol. The number of benzene rings is 1. The van der Waals surface area contributed by atoms with Gasteiger partial charge < -0.3 is 9.26 Å². The number of hydrogen-bond donors (Lipinski definition) is 0. The van der Waals surface area contributed by atoms with Gasteiger partial charge >= 0.3 is 5.97 Å².